The number of hydrogen-bond acceptors (Lipinski definition) is 5. The number of nitrogens with one attached hydrogen (secondary N) is 1. The summed E-state index contributed by atoms with van der Waals surface area (Å²) in [4.78, 5) is 14.0. The van der Waals surface area contributed by atoms with E-state index in [4.69, 9.17) is 4.74 Å². The van der Waals surface area contributed by atoms with Gasteiger partial charge in [-0.15, -0.1) is 11.8 Å². The molecule has 6 nitrogen and oxygen atoms in total. The molecular formula is C23H30N2O4S2. The number of carbonyl (C=O) groups is 1. The summed E-state index contributed by atoms with van der Waals surface area (Å²) in [5.41, 5.74) is 1.05. The third-order valence-electron chi connectivity index (χ3n) is 5.85. The van der Waals surface area contributed by atoms with E-state index in [1.165, 1.54) is 11.8 Å². The van der Waals surface area contributed by atoms with Crippen LogP contribution in [-0.4, -0.2) is 39.0 Å². The summed E-state index contributed by atoms with van der Waals surface area (Å²) in [5, 5.41) is 3.07. The topological polar surface area (TPSA) is 75.7 Å². The SMILES string of the molecule is CCC1(CC)C[C@@H](NC(=O)CN(c2cccc(SC)c2)S(C)(=O)=O)c2ccccc2O1. The number of sulfonamides is 1. The van der Waals surface area contributed by atoms with Gasteiger partial charge in [0, 0.05) is 16.9 Å². The van der Waals surface area contributed by atoms with Crippen molar-refractivity contribution in [2.45, 2.75) is 49.6 Å². The van der Waals surface area contributed by atoms with Crippen molar-refractivity contribution in [2.75, 3.05) is 23.4 Å². The van der Waals surface area contributed by atoms with Crippen molar-refractivity contribution < 1.29 is 17.9 Å². The fourth-order valence-corrected chi connectivity index (χ4v) is 5.27. The van der Waals surface area contributed by atoms with Gasteiger partial charge in [-0.3, -0.25) is 9.10 Å². The van der Waals surface area contributed by atoms with Crippen LogP contribution in [0.25, 0.3) is 0 Å². The van der Waals surface area contributed by atoms with E-state index in [1.54, 1.807) is 18.2 Å². The second-order valence-electron chi connectivity index (χ2n) is 7.83. The summed E-state index contributed by atoms with van der Waals surface area (Å²) in [6, 6.07) is 14.7. The molecule has 0 aliphatic carbocycles. The quantitative estimate of drug-likeness (QED) is 0.590. The molecule has 1 aliphatic heterocycles. The van der Waals surface area contributed by atoms with Crippen molar-refractivity contribution in [3.05, 3.63) is 54.1 Å². The van der Waals surface area contributed by atoms with Gasteiger partial charge in [-0.2, -0.15) is 0 Å². The highest BCUT2D eigenvalue weighted by Crippen LogP contribution is 2.42. The molecule has 31 heavy (non-hydrogen) atoms. The first-order chi connectivity index (χ1) is 14.7. The number of anilines is 1. The monoisotopic (exact) mass is 462 g/mol. The van der Waals surface area contributed by atoms with Gasteiger partial charge in [-0.25, -0.2) is 8.42 Å². The number of nitrogens with zero attached hydrogens (tertiary/aromatic N) is 1. The molecule has 0 fully saturated rings. The van der Waals surface area contributed by atoms with Gasteiger partial charge in [0.05, 0.1) is 18.0 Å². The van der Waals surface area contributed by atoms with Crippen LogP contribution < -0.4 is 14.4 Å². The molecule has 1 amide bonds. The molecule has 3 rings (SSSR count). The van der Waals surface area contributed by atoms with Crippen LogP contribution in [0, 0.1) is 0 Å². The van der Waals surface area contributed by atoms with Gasteiger partial charge in [-0.1, -0.05) is 38.1 Å². The van der Waals surface area contributed by atoms with E-state index in [0.29, 0.717) is 12.1 Å². The smallest absolute Gasteiger partial charge is 0.241 e. The van der Waals surface area contributed by atoms with Gasteiger partial charge in [0.25, 0.3) is 0 Å². The predicted octanol–water partition coefficient (Wildman–Crippen LogP) is 4.37. The second-order valence-corrected chi connectivity index (χ2v) is 10.6. The van der Waals surface area contributed by atoms with Crippen LogP contribution >= 0.6 is 11.8 Å². The van der Waals surface area contributed by atoms with Crippen molar-refractivity contribution in [2.24, 2.45) is 0 Å². The maximum Gasteiger partial charge on any atom is 0.241 e. The number of thioether (sulfide) groups is 1. The fraction of sp³-hybridized carbons (Fsp3) is 0.435. The van der Waals surface area contributed by atoms with Crippen LogP contribution in [0.4, 0.5) is 5.69 Å². The summed E-state index contributed by atoms with van der Waals surface area (Å²) in [5.74, 6) is 0.429. The number of hydrogen-bond donors (Lipinski definition) is 1. The lowest BCUT2D eigenvalue weighted by molar-refractivity contribution is -0.121. The molecule has 0 bridgehead atoms. The molecule has 1 heterocycles. The third-order valence-corrected chi connectivity index (χ3v) is 7.72. The molecule has 8 heteroatoms. The molecule has 0 radical (unpaired) electrons. The van der Waals surface area contributed by atoms with Crippen molar-refractivity contribution in [3.63, 3.8) is 0 Å². The summed E-state index contributed by atoms with van der Waals surface area (Å²) in [6.45, 7) is 3.89. The molecule has 168 valence electrons. The molecule has 0 aromatic heterocycles. The second kappa shape index (κ2) is 9.53. The van der Waals surface area contributed by atoms with E-state index in [2.05, 4.69) is 19.2 Å². The molecule has 0 unspecified atom stereocenters. The standard InChI is InChI=1S/C23H30N2O4S2/c1-5-23(6-2)15-20(19-12-7-8-13-21(19)29-23)24-22(26)16-25(31(4,27)28)17-10-9-11-18(14-17)30-3/h7-14,20H,5-6,15-16H2,1-4H3,(H,24,26)/t20-/m1/s1. The maximum atomic E-state index is 13.0. The fourth-order valence-electron chi connectivity index (χ4n) is 3.97. The van der Waals surface area contributed by atoms with Crippen molar-refractivity contribution >= 4 is 33.4 Å². The van der Waals surface area contributed by atoms with E-state index in [0.717, 1.165) is 39.6 Å². The third kappa shape index (κ3) is 5.36. The lowest BCUT2D eigenvalue weighted by atomic mass is 9.83. The zero-order chi connectivity index (χ0) is 22.6. The molecule has 2 aromatic rings. The van der Waals surface area contributed by atoms with Crippen molar-refractivity contribution in [1.82, 2.24) is 5.32 Å². The zero-order valence-corrected chi connectivity index (χ0v) is 20.1. The summed E-state index contributed by atoms with van der Waals surface area (Å²) < 4.78 is 32.4. The van der Waals surface area contributed by atoms with Crippen LogP contribution in [0.5, 0.6) is 5.75 Å². The largest absolute Gasteiger partial charge is 0.487 e. The number of para-hydroxylation sites is 1. The Morgan fingerprint density at radius 3 is 2.55 bits per heavy atom. The Bertz CT molecular complexity index is 1040. The number of amides is 1. The average molecular weight is 463 g/mol. The predicted molar refractivity (Wildman–Crippen MR) is 126 cm³/mol. The van der Waals surface area contributed by atoms with Gasteiger partial charge in [-0.05, 0) is 43.4 Å². The van der Waals surface area contributed by atoms with Gasteiger partial charge >= 0.3 is 0 Å². The Morgan fingerprint density at radius 2 is 1.90 bits per heavy atom. The normalized spacial score (nSPS) is 17.4. The molecule has 2 aromatic carbocycles. The molecule has 0 saturated carbocycles. The van der Waals surface area contributed by atoms with E-state index in [9.17, 15) is 13.2 Å². The van der Waals surface area contributed by atoms with Crippen LogP contribution in [0.1, 0.15) is 44.7 Å². The van der Waals surface area contributed by atoms with Crippen LogP contribution in [0.15, 0.2) is 53.4 Å². The molecule has 0 saturated heterocycles. The Balaban J connectivity index is 1.85. The average Bonchev–Trinajstić information content (AvgIpc) is 2.76. The number of fused-ring (bicyclic) bond motifs is 1. The Kier molecular flexibility index (Phi) is 7.21. The lowest BCUT2D eigenvalue weighted by Crippen LogP contribution is -2.47. The molecule has 1 N–H and O–H groups in total. The van der Waals surface area contributed by atoms with Crippen LogP contribution in [0.3, 0.4) is 0 Å². The van der Waals surface area contributed by atoms with Gasteiger partial charge in [0.2, 0.25) is 15.9 Å². The Hall–Kier alpha value is -2.19. The van der Waals surface area contributed by atoms with Crippen LogP contribution in [0.2, 0.25) is 0 Å². The summed E-state index contributed by atoms with van der Waals surface area (Å²) >= 11 is 1.52. The summed E-state index contributed by atoms with van der Waals surface area (Å²) in [6.07, 6.45) is 5.33. The highest BCUT2D eigenvalue weighted by Gasteiger charge is 2.39. The van der Waals surface area contributed by atoms with Gasteiger partial charge in [0.15, 0.2) is 0 Å². The molecule has 1 atom stereocenters. The number of carbonyl (C=O) groups excluding carboxylic acids is 1. The number of ether oxygens (including phenoxy) is 1. The van der Waals surface area contributed by atoms with Crippen molar-refractivity contribution in [1.29, 1.82) is 0 Å². The Labute approximate surface area is 189 Å². The molecular weight excluding hydrogens is 432 g/mol. The maximum absolute atomic E-state index is 13.0. The summed E-state index contributed by atoms with van der Waals surface area (Å²) in [7, 11) is -3.63. The van der Waals surface area contributed by atoms with Crippen LogP contribution in [-0.2, 0) is 14.8 Å². The lowest BCUT2D eigenvalue weighted by Gasteiger charge is -2.41. The number of rotatable bonds is 8. The minimum absolute atomic E-state index is 0.240. The highest BCUT2D eigenvalue weighted by molar-refractivity contribution is 7.98. The molecule has 0 spiro atoms. The van der Waals surface area contributed by atoms with Gasteiger partial charge in [0.1, 0.15) is 17.9 Å². The van der Waals surface area contributed by atoms with Crippen molar-refractivity contribution in [3.8, 4) is 5.75 Å². The first-order valence-electron chi connectivity index (χ1n) is 10.4. The minimum Gasteiger partial charge on any atom is -0.487 e. The van der Waals surface area contributed by atoms with Gasteiger partial charge < -0.3 is 10.1 Å². The van der Waals surface area contributed by atoms with E-state index < -0.39 is 10.0 Å². The minimum atomic E-state index is -3.63. The Morgan fingerprint density at radius 1 is 1.19 bits per heavy atom. The first kappa shape index (κ1) is 23.5. The number of benzene rings is 2. The van der Waals surface area contributed by atoms with E-state index >= 15 is 0 Å². The van der Waals surface area contributed by atoms with E-state index in [-0.39, 0.29) is 24.1 Å². The zero-order valence-electron chi connectivity index (χ0n) is 18.4. The molecule has 1 aliphatic rings. The van der Waals surface area contributed by atoms with E-state index in [1.807, 2.05) is 36.6 Å². The highest BCUT2D eigenvalue weighted by atomic mass is 32.2. The first-order valence-corrected chi connectivity index (χ1v) is 13.5.